The number of fused-ring (bicyclic) bond motifs is 4. The van der Waals surface area contributed by atoms with Crippen molar-refractivity contribution in [2.24, 2.45) is 17.8 Å². The normalized spacial score (nSPS) is 28.4. The molecule has 0 bridgehead atoms. The van der Waals surface area contributed by atoms with Gasteiger partial charge in [0.25, 0.3) is 5.69 Å². The molecule has 3 aliphatic heterocycles. The number of nitrogens with one attached hydrogen (secondary N) is 2. The number of carbonyl (C=O) groups excluding carboxylic acids is 3. The fourth-order valence-corrected chi connectivity index (χ4v) is 5.55. The van der Waals surface area contributed by atoms with Crippen LogP contribution in [-0.4, -0.2) is 28.7 Å². The molecule has 5 rings (SSSR count). The zero-order valence-electron chi connectivity index (χ0n) is 17.8. The lowest BCUT2D eigenvalue weighted by Crippen LogP contribution is -2.54. The van der Waals surface area contributed by atoms with Gasteiger partial charge in [-0.3, -0.25) is 29.8 Å². The maximum atomic E-state index is 13.8. The maximum Gasteiger partial charge on any atom is 0.274 e. The molecule has 9 heteroatoms. The molecule has 0 saturated carbocycles. The van der Waals surface area contributed by atoms with Gasteiger partial charge in [-0.2, -0.15) is 0 Å². The molecule has 9 nitrogen and oxygen atoms in total. The summed E-state index contributed by atoms with van der Waals surface area (Å²) >= 11 is 0. The van der Waals surface area contributed by atoms with Crippen LogP contribution in [0.5, 0.6) is 0 Å². The van der Waals surface area contributed by atoms with E-state index in [1.807, 2.05) is 13.8 Å². The average Bonchev–Trinajstić information content (AvgIpc) is 3.34. The predicted molar refractivity (Wildman–Crippen MR) is 116 cm³/mol. The van der Waals surface area contributed by atoms with Gasteiger partial charge in [-0.15, -0.1) is 0 Å². The second-order valence-corrected chi connectivity index (χ2v) is 8.92. The summed E-state index contributed by atoms with van der Waals surface area (Å²) in [4.78, 5) is 52.8. The van der Waals surface area contributed by atoms with Crippen LogP contribution in [0.3, 0.4) is 0 Å². The summed E-state index contributed by atoms with van der Waals surface area (Å²) in [7, 11) is 0. The number of anilines is 2. The fourth-order valence-electron chi connectivity index (χ4n) is 5.55. The van der Waals surface area contributed by atoms with Crippen LogP contribution in [0, 0.1) is 34.8 Å². The molecule has 2 fully saturated rings. The summed E-state index contributed by atoms with van der Waals surface area (Å²) in [6, 6.07) is 11.1. The van der Waals surface area contributed by atoms with E-state index in [2.05, 4.69) is 10.6 Å². The SMILES string of the molecule is Cc1c(N2C(=O)[C@H]3[C@@H](C2=O)[C@]2(N[C@H]3C(C)C)C(=O)Nc3ccccc32)cccc1[N+](=O)[O-]. The van der Waals surface area contributed by atoms with Gasteiger partial charge in [0.05, 0.1) is 28.0 Å². The molecule has 2 N–H and O–H groups in total. The Hall–Kier alpha value is -3.59. The highest BCUT2D eigenvalue weighted by molar-refractivity contribution is 6.26. The Bertz CT molecular complexity index is 1210. The van der Waals surface area contributed by atoms with Crippen molar-refractivity contribution in [2.75, 3.05) is 10.2 Å². The Morgan fingerprint density at radius 1 is 1.06 bits per heavy atom. The summed E-state index contributed by atoms with van der Waals surface area (Å²) in [5.74, 6) is -3.08. The quantitative estimate of drug-likeness (QED) is 0.435. The molecule has 2 aromatic rings. The predicted octanol–water partition coefficient (Wildman–Crippen LogP) is 2.48. The Morgan fingerprint density at radius 2 is 1.78 bits per heavy atom. The van der Waals surface area contributed by atoms with Crippen molar-refractivity contribution >= 4 is 34.8 Å². The minimum absolute atomic E-state index is 0.0367. The molecule has 0 unspecified atom stereocenters. The second-order valence-electron chi connectivity index (χ2n) is 8.92. The van der Waals surface area contributed by atoms with Crippen LogP contribution in [0.4, 0.5) is 17.1 Å². The van der Waals surface area contributed by atoms with Gasteiger partial charge in [0.1, 0.15) is 5.54 Å². The van der Waals surface area contributed by atoms with Gasteiger partial charge >= 0.3 is 0 Å². The van der Waals surface area contributed by atoms with Gasteiger partial charge in [-0.1, -0.05) is 38.1 Å². The van der Waals surface area contributed by atoms with E-state index in [1.165, 1.54) is 25.1 Å². The number of hydrogen-bond donors (Lipinski definition) is 2. The summed E-state index contributed by atoms with van der Waals surface area (Å²) < 4.78 is 0. The summed E-state index contributed by atoms with van der Waals surface area (Å²) in [6.45, 7) is 5.39. The lowest BCUT2D eigenvalue weighted by atomic mass is 9.76. The van der Waals surface area contributed by atoms with Gasteiger partial charge < -0.3 is 5.32 Å². The first-order chi connectivity index (χ1) is 15.2. The average molecular weight is 434 g/mol. The molecule has 1 spiro atoms. The molecule has 2 aromatic carbocycles. The van der Waals surface area contributed by atoms with Crippen LogP contribution in [0.1, 0.15) is 25.0 Å². The first-order valence-electron chi connectivity index (χ1n) is 10.5. The fraction of sp³-hybridized carbons (Fsp3) is 0.348. The van der Waals surface area contributed by atoms with E-state index in [-0.39, 0.29) is 28.8 Å². The molecule has 3 amide bonds. The lowest BCUT2D eigenvalue weighted by molar-refractivity contribution is -0.385. The largest absolute Gasteiger partial charge is 0.324 e. The summed E-state index contributed by atoms with van der Waals surface area (Å²) in [5, 5.41) is 17.6. The Morgan fingerprint density at radius 3 is 2.47 bits per heavy atom. The van der Waals surface area contributed by atoms with Crippen molar-refractivity contribution in [1.29, 1.82) is 0 Å². The van der Waals surface area contributed by atoms with E-state index in [9.17, 15) is 24.5 Å². The third-order valence-electron chi connectivity index (χ3n) is 6.99. The third kappa shape index (κ3) is 2.39. The molecule has 0 aliphatic carbocycles. The van der Waals surface area contributed by atoms with Crippen molar-refractivity contribution in [3.05, 3.63) is 63.7 Å². The number of imide groups is 1. The molecule has 164 valence electrons. The van der Waals surface area contributed by atoms with Crippen LogP contribution in [0.2, 0.25) is 0 Å². The zero-order valence-corrected chi connectivity index (χ0v) is 17.8. The molecular formula is C23H22N4O5. The summed E-state index contributed by atoms with van der Waals surface area (Å²) in [5.41, 5.74) is 0.135. The molecule has 2 saturated heterocycles. The Balaban J connectivity index is 1.70. The van der Waals surface area contributed by atoms with E-state index in [0.717, 1.165) is 4.90 Å². The van der Waals surface area contributed by atoms with E-state index in [1.54, 1.807) is 24.3 Å². The van der Waals surface area contributed by atoms with Gasteiger partial charge in [-0.05, 0) is 25.0 Å². The maximum absolute atomic E-state index is 13.8. The molecule has 0 aromatic heterocycles. The molecule has 32 heavy (non-hydrogen) atoms. The summed E-state index contributed by atoms with van der Waals surface area (Å²) in [6.07, 6.45) is 0. The Kier molecular flexibility index (Phi) is 4.26. The van der Waals surface area contributed by atoms with Crippen molar-refractivity contribution in [3.8, 4) is 0 Å². The van der Waals surface area contributed by atoms with Gasteiger partial charge in [0.15, 0.2) is 0 Å². The van der Waals surface area contributed by atoms with Crippen molar-refractivity contribution in [1.82, 2.24) is 5.32 Å². The number of nitrogens with zero attached hydrogens (tertiary/aromatic N) is 2. The highest BCUT2D eigenvalue weighted by atomic mass is 16.6. The van der Waals surface area contributed by atoms with Crippen LogP contribution >= 0.6 is 0 Å². The molecular weight excluding hydrogens is 412 g/mol. The minimum atomic E-state index is -1.37. The van der Waals surface area contributed by atoms with Crippen LogP contribution in [-0.2, 0) is 19.9 Å². The smallest absolute Gasteiger partial charge is 0.274 e. The topological polar surface area (TPSA) is 122 Å². The van der Waals surface area contributed by atoms with Gasteiger partial charge in [-0.25, -0.2) is 4.90 Å². The number of nitro benzene ring substituents is 1. The minimum Gasteiger partial charge on any atom is -0.324 e. The first-order valence-corrected chi connectivity index (χ1v) is 10.5. The number of carbonyl (C=O) groups is 3. The van der Waals surface area contributed by atoms with Gasteiger partial charge in [0.2, 0.25) is 17.7 Å². The zero-order chi connectivity index (χ0) is 22.9. The number of amides is 3. The van der Waals surface area contributed by atoms with E-state index < -0.39 is 40.2 Å². The van der Waals surface area contributed by atoms with Crippen LogP contribution in [0.25, 0.3) is 0 Å². The van der Waals surface area contributed by atoms with Crippen LogP contribution < -0.4 is 15.5 Å². The van der Waals surface area contributed by atoms with E-state index in [4.69, 9.17) is 0 Å². The van der Waals surface area contributed by atoms with E-state index in [0.29, 0.717) is 11.3 Å². The van der Waals surface area contributed by atoms with Crippen molar-refractivity contribution in [3.63, 3.8) is 0 Å². The number of hydrogen-bond acceptors (Lipinski definition) is 6. The second kappa shape index (κ2) is 6.70. The standard InChI is InChI=1S/C23H22N4O5/c1-11(2)19-17-18(23(25-19)13-7-4-5-8-14(13)24-22(23)30)21(29)26(20(17)28)15-9-6-10-16(12(15)3)27(31)32/h4-11,17-19,25H,1-3H3,(H,24,30)/t17-,18-,19-,23-/m0/s1. The highest BCUT2D eigenvalue weighted by Gasteiger charge is 2.71. The number of rotatable bonds is 3. The lowest BCUT2D eigenvalue weighted by Gasteiger charge is -2.30. The van der Waals surface area contributed by atoms with Gasteiger partial charge in [0, 0.05) is 23.4 Å². The monoisotopic (exact) mass is 434 g/mol. The number of para-hydroxylation sites is 1. The first kappa shape index (κ1) is 20.3. The molecule has 3 heterocycles. The molecule has 4 atom stereocenters. The molecule has 0 radical (unpaired) electrons. The van der Waals surface area contributed by atoms with Crippen molar-refractivity contribution < 1.29 is 19.3 Å². The van der Waals surface area contributed by atoms with Crippen LogP contribution in [0.15, 0.2) is 42.5 Å². The third-order valence-corrected chi connectivity index (χ3v) is 6.99. The highest BCUT2D eigenvalue weighted by Crippen LogP contribution is 2.54. The van der Waals surface area contributed by atoms with Crippen molar-refractivity contribution in [2.45, 2.75) is 32.4 Å². The van der Waals surface area contributed by atoms with E-state index >= 15 is 0 Å². The molecule has 3 aliphatic rings. The number of benzene rings is 2. The number of nitro groups is 1. The Labute approximate surface area is 183 Å².